The van der Waals surface area contributed by atoms with Crippen molar-refractivity contribution in [1.82, 2.24) is 4.90 Å². The van der Waals surface area contributed by atoms with Crippen LogP contribution in [0.2, 0.25) is 5.02 Å². The fourth-order valence-electron chi connectivity index (χ4n) is 2.47. The second-order valence-corrected chi connectivity index (χ2v) is 6.11. The highest BCUT2D eigenvalue weighted by molar-refractivity contribution is 6.30. The van der Waals surface area contributed by atoms with Gasteiger partial charge in [-0.1, -0.05) is 18.5 Å². The number of carbonyl (C=O) groups excluding carboxylic acids is 1. The van der Waals surface area contributed by atoms with Crippen LogP contribution in [0.25, 0.3) is 0 Å². The van der Waals surface area contributed by atoms with Gasteiger partial charge in [-0.3, -0.25) is 9.69 Å². The lowest BCUT2D eigenvalue weighted by Gasteiger charge is -2.34. The van der Waals surface area contributed by atoms with Gasteiger partial charge in [-0.2, -0.15) is 0 Å². The van der Waals surface area contributed by atoms with E-state index in [2.05, 4.69) is 17.1 Å². The zero-order valence-corrected chi connectivity index (χ0v) is 12.8. The van der Waals surface area contributed by atoms with E-state index in [4.69, 9.17) is 17.3 Å². The van der Waals surface area contributed by atoms with Gasteiger partial charge in [-0.15, -0.1) is 0 Å². The molecular weight excluding hydrogens is 274 g/mol. The van der Waals surface area contributed by atoms with Gasteiger partial charge >= 0.3 is 0 Å². The van der Waals surface area contributed by atoms with Crippen molar-refractivity contribution in [3.05, 3.63) is 28.8 Å². The van der Waals surface area contributed by atoms with E-state index in [1.165, 1.54) is 0 Å². The first-order valence-corrected chi connectivity index (χ1v) is 7.37. The van der Waals surface area contributed by atoms with Crippen molar-refractivity contribution < 1.29 is 4.79 Å². The minimum absolute atomic E-state index is 0.00262. The van der Waals surface area contributed by atoms with E-state index in [-0.39, 0.29) is 11.9 Å². The molecule has 2 unspecified atom stereocenters. The van der Waals surface area contributed by atoms with Crippen LogP contribution < -0.4 is 11.1 Å². The van der Waals surface area contributed by atoms with Crippen molar-refractivity contribution in [1.29, 1.82) is 0 Å². The average Bonchev–Trinajstić information content (AvgIpc) is 2.37. The third-order valence-corrected chi connectivity index (χ3v) is 4.17. The fraction of sp³-hybridized carbons (Fsp3) is 0.533. The summed E-state index contributed by atoms with van der Waals surface area (Å²) in [7, 11) is 0. The number of hydrogen-bond donors (Lipinski definition) is 2. The molecule has 1 saturated heterocycles. The molecule has 2 rings (SSSR count). The Labute approximate surface area is 125 Å². The van der Waals surface area contributed by atoms with E-state index < -0.39 is 0 Å². The van der Waals surface area contributed by atoms with E-state index in [1.807, 2.05) is 19.1 Å². The first-order chi connectivity index (χ1) is 9.45. The highest BCUT2D eigenvalue weighted by Gasteiger charge is 2.24. The topological polar surface area (TPSA) is 58.4 Å². The summed E-state index contributed by atoms with van der Waals surface area (Å²) < 4.78 is 0. The molecule has 0 spiro atoms. The molecule has 1 aromatic carbocycles. The van der Waals surface area contributed by atoms with Crippen molar-refractivity contribution in [2.24, 2.45) is 11.7 Å². The number of nitrogens with two attached hydrogens (primary N) is 1. The Morgan fingerprint density at radius 2 is 2.30 bits per heavy atom. The zero-order valence-electron chi connectivity index (χ0n) is 12.0. The Morgan fingerprint density at radius 1 is 1.55 bits per heavy atom. The maximum absolute atomic E-state index is 12.1. The quantitative estimate of drug-likeness (QED) is 0.899. The van der Waals surface area contributed by atoms with Gasteiger partial charge in [-0.05, 0) is 49.6 Å². The molecule has 0 bridgehead atoms. The summed E-state index contributed by atoms with van der Waals surface area (Å²) in [4.78, 5) is 14.2. The molecule has 1 heterocycles. The molecule has 4 nitrogen and oxygen atoms in total. The standard InChI is InChI=1S/C15H22ClN3O/c1-10-5-6-19(8-13(10)17)9-15(20)18-14-4-3-12(16)7-11(14)2/h3-4,7,10,13H,5-6,8-9,17H2,1-2H3,(H,18,20). The van der Waals surface area contributed by atoms with Gasteiger partial charge in [0.05, 0.1) is 6.54 Å². The SMILES string of the molecule is Cc1cc(Cl)ccc1NC(=O)CN1CCC(C)C(N)C1. The Hall–Kier alpha value is -1.10. The van der Waals surface area contributed by atoms with Crippen LogP contribution in [0.1, 0.15) is 18.9 Å². The van der Waals surface area contributed by atoms with Crippen molar-refractivity contribution in [3.8, 4) is 0 Å². The highest BCUT2D eigenvalue weighted by Crippen LogP contribution is 2.20. The third kappa shape index (κ3) is 3.95. The van der Waals surface area contributed by atoms with Crippen LogP contribution in [0.5, 0.6) is 0 Å². The number of amides is 1. The molecule has 0 aliphatic carbocycles. The van der Waals surface area contributed by atoms with Gasteiger partial charge < -0.3 is 11.1 Å². The smallest absolute Gasteiger partial charge is 0.238 e. The molecule has 1 aromatic rings. The molecular formula is C15H22ClN3O. The summed E-state index contributed by atoms with van der Waals surface area (Å²) in [5.74, 6) is 0.532. The molecule has 1 aliphatic rings. The van der Waals surface area contributed by atoms with E-state index in [0.717, 1.165) is 30.8 Å². The number of carbonyl (C=O) groups is 1. The van der Waals surface area contributed by atoms with Gasteiger partial charge in [0.1, 0.15) is 0 Å². The van der Waals surface area contributed by atoms with Gasteiger partial charge in [0.15, 0.2) is 0 Å². The maximum Gasteiger partial charge on any atom is 0.238 e. The first-order valence-electron chi connectivity index (χ1n) is 6.99. The van der Waals surface area contributed by atoms with Crippen LogP contribution >= 0.6 is 11.6 Å². The number of hydrogen-bond acceptors (Lipinski definition) is 3. The second-order valence-electron chi connectivity index (χ2n) is 5.67. The number of rotatable bonds is 3. The first kappa shape index (κ1) is 15.3. The number of anilines is 1. The molecule has 2 atom stereocenters. The summed E-state index contributed by atoms with van der Waals surface area (Å²) in [6.07, 6.45) is 1.05. The van der Waals surface area contributed by atoms with Crippen molar-refractivity contribution in [3.63, 3.8) is 0 Å². The molecule has 110 valence electrons. The lowest BCUT2D eigenvalue weighted by Crippen LogP contribution is -2.49. The Balaban J connectivity index is 1.89. The van der Waals surface area contributed by atoms with E-state index in [1.54, 1.807) is 6.07 Å². The number of benzene rings is 1. The number of nitrogens with one attached hydrogen (secondary N) is 1. The van der Waals surface area contributed by atoms with Crippen LogP contribution in [-0.4, -0.2) is 36.5 Å². The molecule has 1 aliphatic heterocycles. The Kier molecular flexibility index (Phi) is 5.02. The largest absolute Gasteiger partial charge is 0.326 e. The predicted octanol–water partition coefficient (Wildman–Crippen LogP) is 2.26. The molecule has 0 aromatic heterocycles. The van der Waals surface area contributed by atoms with Crippen molar-refractivity contribution in [2.45, 2.75) is 26.3 Å². The van der Waals surface area contributed by atoms with E-state index in [0.29, 0.717) is 17.5 Å². The molecule has 20 heavy (non-hydrogen) atoms. The highest BCUT2D eigenvalue weighted by atomic mass is 35.5. The fourth-order valence-corrected chi connectivity index (χ4v) is 2.70. The lowest BCUT2D eigenvalue weighted by molar-refractivity contribution is -0.117. The molecule has 1 fully saturated rings. The second kappa shape index (κ2) is 6.57. The maximum atomic E-state index is 12.1. The molecule has 5 heteroatoms. The molecule has 0 radical (unpaired) electrons. The van der Waals surface area contributed by atoms with Gasteiger partial charge in [-0.25, -0.2) is 0 Å². The summed E-state index contributed by atoms with van der Waals surface area (Å²) in [5.41, 5.74) is 7.83. The Bertz CT molecular complexity index is 492. The van der Waals surface area contributed by atoms with Crippen molar-refractivity contribution >= 4 is 23.2 Å². The summed E-state index contributed by atoms with van der Waals surface area (Å²) in [5, 5.41) is 3.61. The van der Waals surface area contributed by atoms with Crippen LogP contribution in [0.3, 0.4) is 0 Å². The predicted molar refractivity (Wildman–Crippen MR) is 83.0 cm³/mol. The molecule has 1 amide bonds. The summed E-state index contributed by atoms with van der Waals surface area (Å²) in [6.45, 7) is 6.21. The minimum atomic E-state index is -0.00262. The van der Waals surface area contributed by atoms with Gasteiger partial charge in [0.25, 0.3) is 0 Å². The average molecular weight is 296 g/mol. The molecule has 0 saturated carbocycles. The van der Waals surface area contributed by atoms with Crippen LogP contribution in [0.4, 0.5) is 5.69 Å². The van der Waals surface area contributed by atoms with E-state index in [9.17, 15) is 4.79 Å². The summed E-state index contributed by atoms with van der Waals surface area (Å²) >= 11 is 5.90. The molecule has 3 N–H and O–H groups in total. The van der Waals surface area contributed by atoms with Gasteiger partial charge in [0.2, 0.25) is 5.91 Å². The van der Waals surface area contributed by atoms with Gasteiger partial charge in [0, 0.05) is 23.3 Å². The third-order valence-electron chi connectivity index (χ3n) is 3.93. The Morgan fingerprint density at radius 3 is 2.95 bits per heavy atom. The monoisotopic (exact) mass is 295 g/mol. The normalized spacial score (nSPS) is 23.6. The van der Waals surface area contributed by atoms with E-state index >= 15 is 0 Å². The minimum Gasteiger partial charge on any atom is -0.326 e. The number of piperidine rings is 1. The number of likely N-dealkylation sites (tertiary alicyclic amines) is 1. The van der Waals surface area contributed by atoms with Crippen LogP contribution in [0.15, 0.2) is 18.2 Å². The number of halogens is 1. The number of nitrogens with zero attached hydrogens (tertiary/aromatic N) is 1. The van der Waals surface area contributed by atoms with Crippen molar-refractivity contribution in [2.75, 3.05) is 25.0 Å². The van der Waals surface area contributed by atoms with Crippen LogP contribution in [0, 0.1) is 12.8 Å². The number of aryl methyl sites for hydroxylation is 1. The van der Waals surface area contributed by atoms with Crippen LogP contribution in [-0.2, 0) is 4.79 Å². The lowest BCUT2D eigenvalue weighted by atomic mass is 9.94. The summed E-state index contributed by atoms with van der Waals surface area (Å²) in [6, 6.07) is 5.62. The zero-order chi connectivity index (χ0) is 14.7.